The Morgan fingerprint density at radius 3 is 1.27 bits per heavy atom. The maximum atomic E-state index is 12.7. The molecule has 1 amide bonds. The lowest BCUT2D eigenvalue weighted by Crippen LogP contribution is -2.30. The van der Waals surface area contributed by atoms with Crippen LogP contribution in [0.5, 0.6) is 0 Å². The van der Waals surface area contributed by atoms with Gasteiger partial charge in [0, 0.05) is 19.4 Å². The van der Waals surface area contributed by atoms with Gasteiger partial charge in [0.05, 0.1) is 19.4 Å². The lowest BCUT2D eigenvalue weighted by Gasteiger charge is -2.20. The van der Waals surface area contributed by atoms with E-state index in [0.717, 1.165) is 38.5 Å². The highest BCUT2D eigenvalue weighted by molar-refractivity contribution is 7.52. The van der Waals surface area contributed by atoms with Crippen LogP contribution in [0.2, 0.25) is 0 Å². The zero-order valence-corrected chi connectivity index (χ0v) is 37.5. The zero-order chi connectivity index (χ0) is 41.2. The molecule has 0 bridgehead atoms. The summed E-state index contributed by atoms with van der Waals surface area (Å²) in [4.78, 5) is 47.2. The van der Waals surface area contributed by atoms with Crippen molar-refractivity contribution in [3.05, 3.63) is 0 Å². The minimum Gasteiger partial charge on any atom is -0.462 e. The molecule has 0 fully saturated rings. The van der Waals surface area contributed by atoms with Gasteiger partial charge in [-0.2, -0.15) is 0 Å². The predicted molar refractivity (Wildman–Crippen MR) is 230 cm³/mol. The Morgan fingerprint density at radius 2 is 0.875 bits per heavy atom. The molecule has 0 aromatic rings. The SMILES string of the molecule is CCCCCCCCCCCCCCCCCC(=O)OC[C@H](COP(=O)(O)CCNC(=O)OCCC)OC(=O)CCCCCCCCCCCCCCCCC. The minimum absolute atomic E-state index is 0.117. The Bertz CT molecular complexity index is 951. The van der Waals surface area contributed by atoms with Crippen LogP contribution in [0.25, 0.3) is 0 Å². The van der Waals surface area contributed by atoms with Crippen LogP contribution in [0.4, 0.5) is 4.79 Å². The van der Waals surface area contributed by atoms with Crippen LogP contribution >= 0.6 is 7.60 Å². The molecule has 2 N–H and O–H groups in total. The molecule has 1 unspecified atom stereocenters. The van der Waals surface area contributed by atoms with E-state index in [1.807, 2.05) is 6.92 Å². The number of rotatable bonds is 43. The largest absolute Gasteiger partial charge is 0.462 e. The highest BCUT2D eigenvalue weighted by atomic mass is 31.2. The smallest absolute Gasteiger partial charge is 0.407 e. The van der Waals surface area contributed by atoms with Crippen LogP contribution < -0.4 is 5.32 Å². The second-order valence-corrected chi connectivity index (χ2v) is 17.9. The van der Waals surface area contributed by atoms with Crippen molar-refractivity contribution in [3.63, 3.8) is 0 Å². The van der Waals surface area contributed by atoms with Crippen LogP contribution in [-0.2, 0) is 32.9 Å². The van der Waals surface area contributed by atoms with Gasteiger partial charge in [-0.3, -0.25) is 14.2 Å². The Labute approximate surface area is 344 Å². The first kappa shape index (κ1) is 54.4. The van der Waals surface area contributed by atoms with Gasteiger partial charge in [0.1, 0.15) is 6.61 Å². The molecule has 0 aliphatic rings. The summed E-state index contributed by atoms with van der Waals surface area (Å²) in [6.45, 7) is 5.87. The van der Waals surface area contributed by atoms with Crippen molar-refractivity contribution in [1.82, 2.24) is 5.32 Å². The first-order chi connectivity index (χ1) is 27.2. The van der Waals surface area contributed by atoms with Gasteiger partial charge in [0.15, 0.2) is 6.10 Å². The van der Waals surface area contributed by atoms with E-state index in [2.05, 4.69) is 19.2 Å². The quantitative estimate of drug-likeness (QED) is 0.0266. The number of alkyl carbamates (subject to hydrolysis) is 1. The highest BCUT2D eigenvalue weighted by Gasteiger charge is 2.25. The van der Waals surface area contributed by atoms with Crippen LogP contribution in [0.15, 0.2) is 0 Å². The lowest BCUT2D eigenvalue weighted by molar-refractivity contribution is -0.161. The van der Waals surface area contributed by atoms with Gasteiger partial charge in [-0.05, 0) is 19.3 Å². The lowest BCUT2D eigenvalue weighted by atomic mass is 10.0. The molecule has 56 heavy (non-hydrogen) atoms. The van der Waals surface area contributed by atoms with E-state index < -0.39 is 32.4 Å². The molecular formula is C45H88NO9P. The monoisotopic (exact) mass is 818 g/mol. The number of unbranched alkanes of at least 4 members (excludes halogenated alkanes) is 28. The third-order valence-corrected chi connectivity index (χ3v) is 11.6. The third-order valence-electron chi connectivity index (χ3n) is 10.3. The molecule has 0 heterocycles. The summed E-state index contributed by atoms with van der Waals surface area (Å²) in [5.74, 6) is -0.829. The normalized spacial score (nSPS) is 12.9. The minimum atomic E-state index is -4.12. The van der Waals surface area contributed by atoms with Crippen molar-refractivity contribution < 1.29 is 42.6 Å². The number of carbonyl (C=O) groups is 3. The van der Waals surface area contributed by atoms with Crippen molar-refractivity contribution >= 4 is 25.6 Å². The Balaban J connectivity index is 4.37. The first-order valence-corrected chi connectivity index (χ1v) is 25.2. The summed E-state index contributed by atoms with van der Waals surface area (Å²) < 4.78 is 33.8. The fourth-order valence-electron chi connectivity index (χ4n) is 6.71. The molecular weight excluding hydrogens is 729 g/mol. The predicted octanol–water partition coefficient (Wildman–Crippen LogP) is 13.3. The average molecular weight is 818 g/mol. The fourth-order valence-corrected chi connectivity index (χ4v) is 7.63. The molecule has 10 nitrogen and oxygen atoms in total. The van der Waals surface area contributed by atoms with Gasteiger partial charge in [-0.25, -0.2) is 4.79 Å². The maximum absolute atomic E-state index is 12.7. The standard InChI is InChI=1S/C45H88NO9P/c1-4-7-9-11-13-15-17-19-21-23-25-27-29-31-33-35-43(47)53-40-42(41-54-56(50,51)39-37-46-45(49)52-38-6-3)55-44(48)36-34-32-30-28-26-24-22-20-18-16-14-12-10-8-5-2/h42H,4-41H2,1-3H3,(H,46,49)(H,50,51)/t42-/m1/s1. The summed E-state index contributed by atoms with van der Waals surface area (Å²) in [7, 11) is -4.12. The average Bonchev–Trinajstić information content (AvgIpc) is 3.18. The second-order valence-electron chi connectivity index (χ2n) is 15.9. The van der Waals surface area contributed by atoms with Crippen LogP contribution in [0.1, 0.15) is 233 Å². The number of ether oxygens (including phenoxy) is 3. The number of carbonyl (C=O) groups excluding carboxylic acids is 3. The molecule has 0 spiro atoms. The molecule has 0 rings (SSSR count). The van der Waals surface area contributed by atoms with Gasteiger partial charge in [-0.15, -0.1) is 0 Å². The van der Waals surface area contributed by atoms with E-state index >= 15 is 0 Å². The summed E-state index contributed by atoms with van der Waals surface area (Å²) in [5.41, 5.74) is 0. The number of amides is 1. The van der Waals surface area contributed by atoms with Gasteiger partial charge in [0.25, 0.3) is 0 Å². The molecule has 0 radical (unpaired) electrons. The van der Waals surface area contributed by atoms with Gasteiger partial charge < -0.3 is 28.9 Å². The van der Waals surface area contributed by atoms with Crippen molar-refractivity contribution in [2.24, 2.45) is 0 Å². The number of hydrogen-bond donors (Lipinski definition) is 2. The molecule has 0 aliphatic carbocycles. The molecule has 0 aromatic heterocycles. The molecule has 0 aliphatic heterocycles. The van der Waals surface area contributed by atoms with E-state index in [1.54, 1.807) is 0 Å². The number of hydrogen-bond acceptors (Lipinski definition) is 8. The molecule has 11 heteroatoms. The third kappa shape index (κ3) is 40.6. The Kier molecular flexibility index (Phi) is 40.3. The van der Waals surface area contributed by atoms with E-state index in [0.29, 0.717) is 12.8 Å². The summed E-state index contributed by atoms with van der Waals surface area (Å²) in [6, 6.07) is 0. The topological polar surface area (TPSA) is 137 Å². The van der Waals surface area contributed by atoms with Crippen molar-refractivity contribution in [1.29, 1.82) is 0 Å². The van der Waals surface area contributed by atoms with Crippen molar-refractivity contribution in [2.45, 2.75) is 239 Å². The van der Waals surface area contributed by atoms with Crippen molar-refractivity contribution in [2.75, 3.05) is 32.5 Å². The maximum Gasteiger partial charge on any atom is 0.407 e. The molecule has 0 saturated heterocycles. The molecule has 2 atom stereocenters. The first-order valence-electron chi connectivity index (χ1n) is 23.5. The van der Waals surface area contributed by atoms with Crippen LogP contribution in [-0.4, -0.2) is 61.6 Å². The van der Waals surface area contributed by atoms with Crippen molar-refractivity contribution in [3.8, 4) is 0 Å². The van der Waals surface area contributed by atoms with Crippen LogP contribution in [0.3, 0.4) is 0 Å². The van der Waals surface area contributed by atoms with E-state index in [4.69, 9.17) is 18.7 Å². The highest BCUT2D eigenvalue weighted by Crippen LogP contribution is 2.41. The molecule has 0 saturated carbocycles. The van der Waals surface area contributed by atoms with E-state index in [-0.39, 0.29) is 44.7 Å². The Hall–Kier alpha value is -1.64. The fraction of sp³-hybridized carbons (Fsp3) is 0.933. The number of nitrogens with one attached hydrogen (secondary N) is 1. The van der Waals surface area contributed by atoms with E-state index in [9.17, 15) is 23.8 Å². The molecule has 332 valence electrons. The number of esters is 2. The van der Waals surface area contributed by atoms with Crippen LogP contribution in [0, 0.1) is 0 Å². The van der Waals surface area contributed by atoms with Gasteiger partial charge in [-0.1, -0.05) is 201 Å². The second kappa shape index (κ2) is 41.5. The Morgan fingerprint density at radius 1 is 0.500 bits per heavy atom. The van der Waals surface area contributed by atoms with Gasteiger partial charge >= 0.3 is 25.6 Å². The van der Waals surface area contributed by atoms with Gasteiger partial charge in [0.2, 0.25) is 0 Å². The molecule has 0 aromatic carbocycles. The summed E-state index contributed by atoms with van der Waals surface area (Å²) in [6.07, 6.45) is 36.3. The summed E-state index contributed by atoms with van der Waals surface area (Å²) in [5, 5.41) is 2.42. The zero-order valence-electron chi connectivity index (χ0n) is 36.6. The van der Waals surface area contributed by atoms with E-state index in [1.165, 1.54) is 148 Å². The summed E-state index contributed by atoms with van der Waals surface area (Å²) >= 11 is 0.